The van der Waals surface area contributed by atoms with Crippen molar-refractivity contribution in [3.63, 3.8) is 0 Å². The quantitative estimate of drug-likeness (QED) is 0.751. The predicted molar refractivity (Wildman–Crippen MR) is 85.5 cm³/mol. The summed E-state index contributed by atoms with van der Waals surface area (Å²) in [7, 11) is 1.80. The van der Waals surface area contributed by atoms with Gasteiger partial charge in [-0.3, -0.25) is 4.79 Å². The lowest BCUT2D eigenvalue weighted by atomic mass is 10.2. The summed E-state index contributed by atoms with van der Waals surface area (Å²) in [6.07, 6.45) is 1.64. The Morgan fingerprint density at radius 2 is 2.14 bits per heavy atom. The fourth-order valence-corrected chi connectivity index (χ4v) is 3.30. The van der Waals surface area contributed by atoms with E-state index >= 15 is 0 Å². The number of amides is 1. The minimum absolute atomic E-state index is 0.00960. The van der Waals surface area contributed by atoms with Crippen molar-refractivity contribution in [2.75, 3.05) is 12.8 Å². The van der Waals surface area contributed by atoms with E-state index in [0.717, 1.165) is 26.3 Å². The van der Waals surface area contributed by atoms with Crippen LogP contribution in [0.15, 0.2) is 41.0 Å². The molecule has 0 aliphatic rings. The summed E-state index contributed by atoms with van der Waals surface area (Å²) in [6.45, 7) is 2.44. The highest BCUT2D eigenvalue weighted by atomic mass is 32.1. The molecule has 1 aromatic carbocycles. The van der Waals surface area contributed by atoms with Gasteiger partial charge in [0.05, 0.1) is 11.1 Å². The summed E-state index contributed by atoms with van der Waals surface area (Å²) in [5.41, 5.74) is 7.51. The summed E-state index contributed by atoms with van der Waals surface area (Å²) in [5, 5.41) is 1.01. The van der Waals surface area contributed by atoms with Crippen LogP contribution in [0.4, 0.5) is 5.69 Å². The van der Waals surface area contributed by atoms with Crippen molar-refractivity contribution in [3.8, 4) is 0 Å². The molecule has 0 saturated heterocycles. The monoisotopic (exact) mass is 300 g/mol. The highest BCUT2D eigenvalue weighted by molar-refractivity contribution is 7.20. The number of anilines is 1. The second kappa shape index (κ2) is 5.26. The molecular formula is C16H16N2O2S. The highest BCUT2D eigenvalue weighted by Gasteiger charge is 2.16. The number of furan rings is 1. The van der Waals surface area contributed by atoms with Crippen LogP contribution in [-0.2, 0) is 6.54 Å². The van der Waals surface area contributed by atoms with Gasteiger partial charge in [0.2, 0.25) is 0 Å². The molecular weight excluding hydrogens is 284 g/mol. The zero-order chi connectivity index (χ0) is 15.0. The fraction of sp³-hybridized carbons (Fsp3) is 0.188. The van der Waals surface area contributed by atoms with Gasteiger partial charge in [-0.15, -0.1) is 11.3 Å². The number of hydrogen-bond acceptors (Lipinski definition) is 4. The Labute approximate surface area is 126 Å². The molecule has 108 valence electrons. The third-order valence-electron chi connectivity index (χ3n) is 3.47. The predicted octanol–water partition coefficient (Wildman–Crippen LogP) is 3.66. The van der Waals surface area contributed by atoms with Crippen molar-refractivity contribution >= 4 is 33.0 Å². The lowest BCUT2D eigenvalue weighted by molar-refractivity contribution is 0.0789. The largest absolute Gasteiger partial charge is 0.469 e. The Hall–Kier alpha value is -2.27. The van der Waals surface area contributed by atoms with Gasteiger partial charge in [-0.25, -0.2) is 0 Å². The number of nitrogens with zero attached hydrogens (tertiary/aromatic N) is 1. The zero-order valence-electron chi connectivity index (χ0n) is 11.9. The number of hydrogen-bond donors (Lipinski definition) is 1. The van der Waals surface area contributed by atoms with Crippen molar-refractivity contribution in [1.29, 1.82) is 0 Å². The summed E-state index contributed by atoms with van der Waals surface area (Å²) < 4.78 is 6.33. The Morgan fingerprint density at radius 3 is 2.86 bits per heavy atom. The van der Waals surface area contributed by atoms with Gasteiger partial charge in [0, 0.05) is 29.5 Å². The van der Waals surface area contributed by atoms with Crippen molar-refractivity contribution in [3.05, 3.63) is 52.8 Å². The standard InChI is InChI=1S/C16H16N2O2S/c1-10-11(5-6-20-10)9-18(2)16(19)15-8-12-7-13(17)3-4-14(12)21-15/h3-8H,9,17H2,1-2H3. The van der Waals surface area contributed by atoms with Gasteiger partial charge in [-0.1, -0.05) is 0 Å². The van der Waals surface area contributed by atoms with E-state index in [0.29, 0.717) is 12.2 Å². The zero-order valence-corrected chi connectivity index (χ0v) is 12.7. The maximum atomic E-state index is 12.5. The smallest absolute Gasteiger partial charge is 0.264 e. The lowest BCUT2D eigenvalue weighted by Gasteiger charge is -2.15. The average Bonchev–Trinajstić information content (AvgIpc) is 3.04. The first kappa shape index (κ1) is 13.7. The number of aryl methyl sites for hydroxylation is 1. The number of benzene rings is 1. The maximum Gasteiger partial charge on any atom is 0.264 e. The summed E-state index contributed by atoms with van der Waals surface area (Å²) in [4.78, 5) is 14.9. The van der Waals surface area contributed by atoms with E-state index in [4.69, 9.17) is 10.2 Å². The van der Waals surface area contributed by atoms with E-state index in [2.05, 4.69) is 0 Å². The van der Waals surface area contributed by atoms with Crippen LogP contribution in [0, 0.1) is 6.92 Å². The van der Waals surface area contributed by atoms with Gasteiger partial charge in [-0.2, -0.15) is 0 Å². The molecule has 0 bridgehead atoms. The van der Waals surface area contributed by atoms with Crippen molar-refractivity contribution in [1.82, 2.24) is 4.90 Å². The number of fused-ring (bicyclic) bond motifs is 1. The SMILES string of the molecule is Cc1occc1CN(C)C(=O)c1cc2cc(N)ccc2s1. The summed E-state index contributed by atoms with van der Waals surface area (Å²) in [6, 6.07) is 9.49. The molecule has 4 nitrogen and oxygen atoms in total. The van der Waals surface area contributed by atoms with Gasteiger partial charge < -0.3 is 15.1 Å². The minimum Gasteiger partial charge on any atom is -0.469 e. The Bertz CT molecular complexity index is 804. The Balaban J connectivity index is 1.84. The van der Waals surface area contributed by atoms with Crippen LogP contribution in [-0.4, -0.2) is 17.9 Å². The number of rotatable bonds is 3. The van der Waals surface area contributed by atoms with Gasteiger partial charge >= 0.3 is 0 Å². The summed E-state index contributed by atoms with van der Waals surface area (Å²) >= 11 is 1.49. The first-order valence-electron chi connectivity index (χ1n) is 6.62. The van der Waals surface area contributed by atoms with Gasteiger partial charge in [0.25, 0.3) is 5.91 Å². The summed E-state index contributed by atoms with van der Waals surface area (Å²) in [5.74, 6) is 0.856. The van der Waals surface area contributed by atoms with E-state index in [1.165, 1.54) is 11.3 Å². The third kappa shape index (κ3) is 2.64. The molecule has 0 atom stereocenters. The molecule has 0 saturated carbocycles. The normalized spacial score (nSPS) is 11.0. The Morgan fingerprint density at radius 1 is 1.33 bits per heavy atom. The van der Waals surface area contributed by atoms with Gasteiger partial charge in [0.1, 0.15) is 5.76 Å². The van der Waals surface area contributed by atoms with Crippen LogP contribution < -0.4 is 5.73 Å². The number of carbonyl (C=O) groups is 1. The second-order valence-electron chi connectivity index (χ2n) is 5.07. The fourth-order valence-electron chi connectivity index (χ4n) is 2.26. The molecule has 0 fully saturated rings. The van der Waals surface area contributed by atoms with Gasteiger partial charge in [-0.05, 0) is 42.6 Å². The maximum absolute atomic E-state index is 12.5. The van der Waals surface area contributed by atoms with Gasteiger partial charge in [0.15, 0.2) is 0 Å². The number of thiophene rings is 1. The number of nitrogens with two attached hydrogens (primary N) is 1. The molecule has 5 heteroatoms. The highest BCUT2D eigenvalue weighted by Crippen LogP contribution is 2.28. The average molecular weight is 300 g/mol. The van der Waals surface area contributed by atoms with Crippen LogP contribution >= 0.6 is 11.3 Å². The van der Waals surface area contributed by atoms with Crippen LogP contribution in [0.25, 0.3) is 10.1 Å². The third-order valence-corrected chi connectivity index (χ3v) is 4.58. The van der Waals surface area contributed by atoms with E-state index in [-0.39, 0.29) is 5.91 Å². The molecule has 1 amide bonds. The molecule has 3 aromatic rings. The Kier molecular flexibility index (Phi) is 3.43. The van der Waals surface area contributed by atoms with E-state index in [1.807, 2.05) is 37.3 Å². The molecule has 0 radical (unpaired) electrons. The number of carbonyl (C=O) groups excluding carboxylic acids is 1. The van der Waals surface area contributed by atoms with Crippen LogP contribution in [0.3, 0.4) is 0 Å². The van der Waals surface area contributed by atoms with E-state index in [9.17, 15) is 4.79 Å². The molecule has 0 spiro atoms. The van der Waals surface area contributed by atoms with Crippen LogP contribution in [0.5, 0.6) is 0 Å². The molecule has 21 heavy (non-hydrogen) atoms. The second-order valence-corrected chi connectivity index (χ2v) is 6.15. The van der Waals surface area contributed by atoms with E-state index < -0.39 is 0 Å². The van der Waals surface area contributed by atoms with Crippen LogP contribution in [0.2, 0.25) is 0 Å². The van der Waals surface area contributed by atoms with E-state index in [1.54, 1.807) is 18.2 Å². The molecule has 2 N–H and O–H groups in total. The van der Waals surface area contributed by atoms with Crippen molar-refractivity contribution in [2.24, 2.45) is 0 Å². The molecule has 3 rings (SSSR count). The van der Waals surface area contributed by atoms with Crippen molar-refractivity contribution in [2.45, 2.75) is 13.5 Å². The van der Waals surface area contributed by atoms with Crippen LogP contribution in [0.1, 0.15) is 21.0 Å². The first-order valence-corrected chi connectivity index (χ1v) is 7.44. The molecule has 2 aromatic heterocycles. The molecule has 0 unspecified atom stereocenters. The first-order chi connectivity index (χ1) is 10.0. The molecule has 0 aliphatic heterocycles. The molecule has 0 aliphatic carbocycles. The topological polar surface area (TPSA) is 59.5 Å². The minimum atomic E-state index is 0.00960. The lowest BCUT2D eigenvalue weighted by Crippen LogP contribution is -2.25. The molecule has 2 heterocycles. The number of nitrogen functional groups attached to an aromatic ring is 1. The van der Waals surface area contributed by atoms with Crippen molar-refractivity contribution < 1.29 is 9.21 Å².